The van der Waals surface area contributed by atoms with Crippen LogP contribution in [0.15, 0.2) is 48.8 Å². The van der Waals surface area contributed by atoms with Gasteiger partial charge in [-0.3, -0.25) is 14.3 Å². The number of benzene rings is 2. The van der Waals surface area contributed by atoms with Gasteiger partial charge < -0.3 is 10.2 Å². The Bertz CT molecular complexity index is 1230. The van der Waals surface area contributed by atoms with Gasteiger partial charge in [-0.25, -0.2) is 0 Å². The first-order chi connectivity index (χ1) is 16.5. The fourth-order valence-corrected chi connectivity index (χ4v) is 5.18. The van der Waals surface area contributed by atoms with Crippen LogP contribution < -0.4 is 5.32 Å². The first-order valence-electron chi connectivity index (χ1n) is 11.6. The summed E-state index contributed by atoms with van der Waals surface area (Å²) in [5.41, 5.74) is 4.45. The molecule has 3 aromatic rings. The molecule has 1 fully saturated rings. The van der Waals surface area contributed by atoms with Crippen molar-refractivity contribution >= 4 is 40.7 Å². The molecule has 6 nitrogen and oxygen atoms in total. The van der Waals surface area contributed by atoms with Crippen LogP contribution >= 0.6 is 23.2 Å². The number of amides is 2. The highest BCUT2D eigenvalue weighted by Gasteiger charge is 2.29. The van der Waals surface area contributed by atoms with Crippen LogP contribution in [0.1, 0.15) is 52.7 Å². The summed E-state index contributed by atoms with van der Waals surface area (Å²) in [5.74, 6) is 0.313. The maximum absolute atomic E-state index is 12.9. The van der Waals surface area contributed by atoms with E-state index in [1.807, 2.05) is 29.2 Å². The van der Waals surface area contributed by atoms with Crippen molar-refractivity contribution in [2.24, 2.45) is 5.92 Å². The predicted molar refractivity (Wildman–Crippen MR) is 133 cm³/mol. The zero-order valence-electron chi connectivity index (χ0n) is 18.8. The molecule has 5 rings (SSSR count). The highest BCUT2D eigenvalue weighted by molar-refractivity contribution is 6.42. The van der Waals surface area contributed by atoms with Crippen molar-refractivity contribution in [1.82, 2.24) is 14.7 Å². The van der Waals surface area contributed by atoms with Gasteiger partial charge in [-0.2, -0.15) is 5.10 Å². The molecule has 1 N–H and O–H groups in total. The van der Waals surface area contributed by atoms with E-state index in [9.17, 15) is 9.59 Å². The number of carbonyl (C=O) groups excluding carboxylic acids is 2. The summed E-state index contributed by atoms with van der Waals surface area (Å²) in [6, 6.07) is 11.2. The summed E-state index contributed by atoms with van der Waals surface area (Å²) < 4.78 is 1.73. The van der Waals surface area contributed by atoms with Crippen LogP contribution in [-0.4, -0.2) is 33.0 Å². The third-order valence-electron chi connectivity index (χ3n) is 6.72. The quantitative estimate of drug-likeness (QED) is 0.502. The zero-order chi connectivity index (χ0) is 23.7. The molecule has 34 heavy (non-hydrogen) atoms. The summed E-state index contributed by atoms with van der Waals surface area (Å²) in [6.45, 7) is 1.87. The Labute approximate surface area is 208 Å². The highest BCUT2D eigenvalue weighted by atomic mass is 35.5. The lowest BCUT2D eigenvalue weighted by molar-refractivity contribution is -0.136. The van der Waals surface area contributed by atoms with Gasteiger partial charge in [-0.1, -0.05) is 48.2 Å². The van der Waals surface area contributed by atoms with Crippen LogP contribution in [-0.2, 0) is 24.3 Å². The van der Waals surface area contributed by atoms with E-state index in [0.29, 0.717) is 40.3 Å². The van der Waals surface area contributed by atoms with Crippen molar-refractivity contribution < 1.29 is 9.59 Å². The van der Waals surface area contributed by atoms with Crippen molar-refractivity contribution in [3.05, 3.63) is 81.1 Å². The molecule has 176 valence electrons. The molecule has 2 aromatic carbocycles. The lowest BCUT2D eigenvalue weighted by atomic mass is 9.95. The Hall–Kier alpha value is -2.83. The second-order valence-electron chi connectivity index (χ2n) is 9.10. The number of fused-ring (bicyclic) bond motifs is 1. The van der Waals surface area contributed by atoms with Gasteiger partial charge in [0.1, 0.15) is 0 Å². The minimum absolute atomic E-state index is 0.179. The second kappa shape index (κ2) is 9.80. The first kappa shape index (κ1) is 22.9. The van der Waals surface area contributed by atoms with Gasteiger partial charge in [-0.15, -0.1) is 0 Å². The van der Waals surface area contributed by atoms with E-state index in [-0.39, 0.29) is 11.8 Å². The standard InChI is InChI=1S/C26H26Cl2N4O2/c27-23-8-5-17(11-24(23)28)14-32-16-22(13-29-32)30-25(33)20-6-7-21-15-31(10-9-19(21)12-20)26(34)18-3-1-2-4-18/h5-8,11-13,16,18H,1-4,9-10,14-15H2,(H,30,33). The van der Waals surface area contributed by atoms with Crippen LogP contribution in [0, 0.1) is 5.92 Å². The Kier molecular flexibility index (Phi) is 6.61. The number of nitrogens with zero attached hydrogens (tertiary/aromatic N) is 3. The average molecular weight is 497 g/mol. The molecule has 2 aliphatic rings. The minimum atomic E-state index is -0.179. The Morgan fingerprint density at radius 2 is 1.85 bits per heavy atom. The second-order valence-corrected chi connectivity index (χ2v) is 9.92. The van der Waals surface area contributed by atoms with Gasteiger partial charge in [0.25, 0.3) is 5.91 Å². The van der Waals surface area contributed by atoms with Crippen LogP contribution in [0.2, 0.25) is 10.0 Å². The Morgan fingerprint density at radius 3 is 2.65 bits per heavy atom. The predicted octanol–water partition coefficient (Wildman–Crippen LogP) is 5.57. The minimum Gasteiger partial charge on any atom is -0.338 e. The normalized spacial score (nSPS) is 15.9. The number of aromatic nitrogens is 2. The summed E-state index contributed by atoms with van der Waals surface area (Å²) in [7, 11) is 0. The molecule has 0 saturated heterocycles. The van der Waals surface area contributed by atoms with Gasteiger partial charge in [0, 0.05) is 30.8 Å². The summed E-state index contributed by atoms with van der Waals surface area (Å²) in [4.78, 5) is 27.6. The SMILES string of the molecule is O=C(Nc1cnn(Cc2ccc(Cl)c(Cl)c2)c1)c1ccc2c(c1)CCN(C(=O)C1CCCC1)C2. The molecule has 1 saturated carbocycles. The Balaban J connectivity index is 1.21. The maximum Gasteiger partial charge on any atom is 0.255 e. The number of rotatable bonds is 5. The molecular weight excluding hydrogens is 471 g/mol. The molecule has 2 heterocycles. The van der Waals surface area contributed by atoms with Crippen molar-refractivity contribution in [2.75, 3.05) is 11.9 Å². The molecule has 0 unspecified atom stereocenters. The van der Waals surface area contributed by atoms with E-state index in [0.717, 1.165) is 55.3 Å². The highest BCUT2D eigenvalue weighted by Crippen LogP contribution is 2.29. The topological polar surface area (TPSA) is 67.2 Å². The molecule has 1 aromatic heterocycles. The van der Waals surface area contributed by atoms with Crippen molar-refractivity contribution in [1.29, 1.82) is 0 Å². The summed E-state index contributed by atoms with van der Waals surface area (Å²) in [6.07, 6.45) is 8.54. The molecule has 8 heteroatoms. The van der Waals surface area contributed by atoms with Crippen LogP contribution in [0.25, 0.3) is 0 Å². The van der Waals surface area contributed by atoms with Crippen LogP contribution in [0.4, 0.5) is 5.69 Å². The zero-order valence-corrected chi connectivity index (χ0v) is 20.3. The van der Waals surface area contributed by atoms with E-state index >= 15 is 0 Å². The smallest absolute Gasteiger partial charge is 0.255 e. The summed E-state index contributed by atoms with van der Waals surface area (Å²) >= 11 is 12.1. The lowest BCUT2D eigenvalue weighted by Gasteiger charge is -2.31. The van der Waals surface area contributed by atoms with E-state index in [4.69, 9.17) is 23.2 Å². The molecule has 0 bridgehead atoms. The number of carbonyl (C=O) groups is 2. The maximum atomic E-state index is 12.9. The summed E-state index contributed by atoms with van der Waals surface area (Å²) in [5, 5.41) is 8.26. The third kappa shape index (κ3) is 4.98. The number of nitrogens with one attached hydrogen (secondary N) is 1. The molecule has 0 radical (unpaired) electrons. The lowest BCUT2D eigenvalue weighted by Crippen LogP contribution is -2.39. The molecule has 1 aliphatic heterocycles. The van der Waals surface area contributed by atoms with Gasteiger partial charge in [0.15, 0.2) is 0 Å². The number of anilines is 1. The number of halogens is 2. The van der Waals surface area contributed by atoms with E-state index < -0.39 is 0 Å². The van der Waals surface area contributed by atoms with E-state index in [1.165, 1.54) is 0 Å². The molecule has 0 spiro atoms. The van der Waals surface area contributed by atoms with Gasteiger partial charge >= 0.3 is 0 Å². The van der Waals surface area contributed by atoms with E-state index in [1.54, 1.807) is 29.2 Å². The van der Waals surface area contributed by atoms with Crippen LogP contribution in [0.5, 0.6) is 0 Å². The largest absolute Gasteiger partial charge is 0.338 e. The molecular formula is C26H26Cl2N4O2. The van der Waals surface area contributed by atoms with Crippen LogP contribution in [0.3, 0.4) is 0 Å². The monoisotopic (exact) mass is 496 g/mol. The Morgan fingerprint density at radius 1 is 1.03 bits per heavy atom. The third-order valence-corrected chi connectivity index (χ3v) is 7.46. The first-order valence-corrected chi connectivity index (χ1v) is 12.4. The van der Waals surface area contributed by atoms with Gasteiger partial charge in [-0.05, 0) is 60.2 Å². The van der Waals surface area contributed by atoms with Crippen molar-refractivity contribution in [2.45, 2.75) is 45.2 Å². The van der Waals surface area contributed by atoms with Crippen molar-refractivity contribution in [3.63, 3.8) is 0 Å². The van der Waals surface area contributed by atoms with Crippen molar-refractivity contribution in [3.8, 4) is 0 Å². The molecule has 0 atom stereocenters. The average Bonchev–Trinajstić information content (AvgIpc) is 3.53. The fraction of sp³-hybridized carbons (Fsp3) is 0.346. The molecule has 1 aliphatic carbocycles. The van der Waals surface area contributed by atoms with Gasteiger partial charge in [0.05, 0.1) is 28.5 Å². The number of hydrogen-bond acceptors (Lipinski definition) is 3. The van der Waals surface area contributed by atoms with E-state index in [2.05, 4.69) is 10.4 Å². The number of hydrogen-bond donors (Lipinski definition) is 1. The van der Waals surface area contributed by atoms with Gasteiger partial charge in [0.2, 0.25) is 5.91 Å². The fourth-order valence-electron chi connectivity index (χ4n) is 4.86. The molecule has 2 amide bonds.